The van der Waals surface area contributed by atoms with Gasteiger partial charge in [-0.2, -0.15) is 0 Å². The zero-order valence-corrected chi connectivity index (χ0v) is 15.2. The van der Waals surface area contributed by atoms with Crippen LogP contribution in [0.3, 0.4) is 0 Å². The van der Waals surface area contributed by atoms with Gasteiger partial charge in [-0.1, -0.05) is 26.7 Å². The van der Waals surface area contributed by atoms with E-state index in [1.165, 1.54) is 0 Å². The Hall–Kier alpha value is -1.49. The molecule has 1 N–H and O–H groups in total. The molecule has 0 aliphatic heterocycles. The molecule has 0 radical (unpaired) electrons. The first-order valence-corrected chi connectivity index (χ1v) is 9.07. The summed E-state index contributed by atoms with van der Waals surface area (Å²) < 4.78 is 11.2. The summed E-state index contributed by atoms with van der Waals surface area (Å²) in [5.41, 5.74) is 0. The molecule has 0 atom stereocenters. The maximum Gasteiger partial charge on any atom is 0.303 e. The monoisotopic (exact) mass is 336 g/mol. The number of rotatable bonds is 13. The highest BCUT2D eigenvalue weighted by molar-refractivity contribution is 5.66. The number of carboxylic acids is 1. The van der Waals surface area contributed by atoms with E-state index < -0.39 is 12.3 Å². The number of carboxylic acid groups (broad SMARTS) is 1. The third kappa shape index (κ3) is 16.9. The third-order valence-corrected chi connectivity index (χ3v) is 3.22. The summed E-state index contributed by atoms with van der Waals surface area (Å²) in [6, 6.07) is 0. The van der Waals surface area contributed by atoms with Gasteiger partial charge in [-0.05, 0) is 12.8 Å². The summed E-state index contributed by atoms with van der Waals surface area (Å²) >= 11 is 0. The molecule has 0 saturated heterocycles. The van der Waals surface area contributed by atoms with Gasteiger partial charge < -0.3 is 14.6 Å². The van der Waals surface area contributed by atoms with E-state index in [1.54, 1.807) is 0 Å². The van der Waals surface area contributed by atoms with Gasteiger partial charge >= 0.3 is 5.97 Å². The lowest BCUT2D eigenvalue weighted by Gasteiger charge is -2.16. The highest BCUT2D eigenvalue weighted by Gasteiger charge is 2.11. The highest BCUT2D eigenvalue weighted by atomic mass is 16.7. The van der Waals surface area contributed by atoms with Crippen LogP contribution in [-0.2, 0) is 14.3 Å². The molecule has 0 fully saturated rings. The van der Waals surface area contributed by atoms with Gasteiger partial charge in [-0.25, -0.2) is 0 Å². The van der Waals surface area contributed by atoms with Crippen molar-refractivity contribution in [2.45, 2.75) is 84.3 Å². The van der Waals surface area contributed by atoms with Crippen LogP contribution in [0, 0.1) is 23.7 Å². The van der Waals surface area contributed by atoms with E-state index in [2.05, 4.69) is 37.5 Å². The largest absolute Gasteiger partial charge is 0.481 e. The molecule has 0 bridgehead atoms. The lowest BCUT2D eigenvalue weighted by molar-refractivity contribution is -0.154. The summed E-state index contributed by atoms with van der Waals surface area (Å²) in [4.78, 5) is 10.7. The molecule has 0 aromatic carbocycles. The molecule has 0 saturated carbocycles. The average Bonchev–Trinajstić information content (AvgIpc) is 2.57. The first-order chi connectivity index (χ1) is 11.7. The predicted molar refractivity (Wildman–Crippen MR) is 96.4 cm³/mol. The van der Waals surface area contributed by atoms with E-state index in [4.69, 9.17) is 14.6 Å². The minimum absolute atomic E-state index is 0.0367. The third-order valence-electron chi connectivity index (χ3n) is 3.22. The summed E-state index contributed by atoms with van der Waals surface area (Å²) in [5.74, 6) is 11.5. The molecule has 0 unspecified atom stereocenters. The van der Waals surface area contributed by atoms with Crippen LogP contribution in [0.5, 0.6) is 0 Å². The van der Waals surface area contributed by atoms with Crippen molar-refractivity contribution in [3.05, 3.63) is 0 Å². The first-order valence-electron chi connectivity index (χ1n) is 9.07. The fraction of sp³-hybridized carbons (Fsp3) is 0.750. The van der Waals surface area contributed by atoms with Gasteiger partial charge in [-0.15, -0.1) is 23.7 Å². The molecule has 4 nitrogen and oxygen atoms in total. The standard InChI is InChI=1S/C20H32O4/c1-3-5-7-9-11-13-17-23-20(16-15-19(21)22)24-18-14-12-10-8-6-4-2/h20H,3-8,13-18H2,1-2H3,(H,21,22). The average molecular weight is 336 g/mol. The molecule has 0 heterocycles. The van der Waals surface area contributed by atoms with Gasteiger partial charge in [-0.3, -0.25) is 4.79 Å². The Balaban J connectivity index is 3.96. The second-order valence-corrected chi connectivity index (χ2v) is 5.52. The quantitative estimate of drug-likeness (QED) is 0.308. The van der Waals surface area contributed by atoms with Gasteiger partial charge in [0, 0.05) is 32.1 Å². The van der Waals surface area contributed by atoms with Crippen LogP contribution in [0.25, 0.3) is 0 Å². The lowest BCUT2D eigenvalue weighted by Crippen LogP contribution is -2.20. The van der Waals surface area contributed by atoms with Gasteiger partial charge in [0.25, 0.3) is 0 Å². The van der Waals surface area contributed by atoms with Crippen LogP contribution in [0.2, 0.25) is 0 Å². The molecule has 24 heavy (non-hydrogen) atoms. The van der Waals surface area contributed by atoms with Crippen LogP contribution >= 0.6 is 0 Å². The van der Waals surface area contributed by atoms with Gasteiger partial charge in [0.05, 0.1) is 19.6 Å². The molecular formula is C20H32O4. The van der Waals surface area contributed by atoms with E-state index in [9.17, 15) is 4.79 Å². The van der Waals surface area contributed by atoms with E-state index >= 15 is 0 Å². The smallest absolute Gasteiger partial charge is 0.303 e. The normalized spacial score (nSPS) is 9.96. The summed E-state index contributed by atoms with van der Waals surface area (Å²) in [5, 5.41) is 8.79. The first kappa shape index (κ1) is 22.5. The molecule has 0 aliphatic carbocycles. The van der Waals surface area contributed by atoms with E-state index in [0.717, 1.165) is 38.5 Å². The molecule has 4 heteroatoms. The Labute approximate surface area is 147 Å². The molecule has 0 amide bonds. The number of hydrogen-bond donors (Lipinski definition) is 1. The molecule has 0 spiro atoms. The van der Waals surface area contributed by atoms with Crippen molar-refractivity contribution >= 4 is 5.97 Å². The van der Waals surface area contributed by atoms with Crippen molar-refractivity contribution in [2.75, 3.05) is 13.2 Å². The zero-order valence-electron chi connectivity index (χ0n) is 15.2. The summed E-state index contributed by atoms with van der Waals surface area (Å²) in [6.45, 7) is 5.21. The number of carbonyl (C=O) groups is 1. The Kier molecular flexibility index (Phi) is 16.7. The van der Waals surface area contributed by atoms with Crippen LogP contribution in [0.4, 0.5) is 0 Å². The summed E-state index contributed by atoms with van der Waals surface area (Å²) in [7, 11) is 0. The van der Waals surface area contributed by atoms with Crippen LogP contribution in [-0.4, -0.2) is 30.6 Å². The van der Waals surface area contributed by atoms with Crippen molar-refractivity contribution < 1.29 is 19.4 Å². The van der Waals surface area contributed by atoms with Crippen LogP contribution < -0.4 is 0 Å². The minimum Gasteiger partial charge on any atom is -0.481 e. The van der Waals surface area contributed by atoms with E-state index in [0.29, 0.717) is 32.5 Å². The minimum atomic E-state index is -0.842. The number of unbranched alkanes of at least 4 members (excludes halogenated alkanes) is 4. The number of aliphatic carboxylic acids is 1. The molecule has 0 rings (SSSR count). The number of ether oxygens (including phenoxy) is 2. The van der Waals surface area contributed by atoms with Gasteiger partial charge in [0.1, 0.15) is 0 Å². The Morgan fingerprint density at radius 2 is 1.33 bits per heavy atom. The van der Waals surface area contributed by atoms with Crippen molar-refractivity contribution in [3.63, 3.8) is 0 Å². The van der Waals surface area contributed by atoms with Gasteiger partial charge in [0.2, 0.25) is 0 Å². The Bertz CT molecular complexity index is 390. The maximum absolute atomic E-state index is 10.7. The van der Waals surface area contributed by atoms with Crippen molar-refractivity contribution in [1.29, 1.82) is 0 Å². The second-order valence-electron chi connectivity index (χ2n) is 5.52. The number of hydrogen-bond acceptors (Lipinski definition) is 3. The SMILES string of the molecule is CCCCC#CCCOC(CCC(=O)O)OCCC#CCCCC. The van der Waals surface area contributed by atoms with Crippen LogP contribution in [0.1, 0.15) is 78.1 Å². The predicted octanol–water partition coefficient (Wildman–Crippen LogP) is 4.38. The van der Waals surface area contributed by atoms with Crippen molar-refractivity contribution in [1.82, 2.24) is 0 Å². The molecule has 0 aliphatic rings. The van der Waals surface area contributed by atoms with E-state index in [-0.39, 0.29) is 6.42 Å². The Morgan fingerprint density at radius 1 is 0.875 bits per heavy atom. The topological polar surface area (TPSA) is 55.8 Å². The van der Waals surface area contributed by atoms with E-state index in [1.807, 2.05) is 0 Å². The Morgan fingerprint density at radius 3 is 1.75 bits per heavy atom. The molecule has 0 aromatic rings. The highest BCUT2D eigenvalue weighted by Crippen LogP contribution is 2.06. The fourth-order valence-corrected chi connectivity index (χ4v) is 1.82. The lowest BCUT2D eigenvalue weighted by atomic mass is 10.2. The second kappa shape index (κ2) is 17.9. The maximum atomic E-state index is 10.7. The molecule has 0 aromatic heterocycles. The van der Waals surface area contributed by atoms with Crippen molar-refractivity contribution in [3.8, 4) is 23.7 Å². The molecular weight excluding hydrogens is 304 g/mol. The molecule has 136 valence electrons. The van der Waals surface area contributed by atoms with Gasteiger partial charge in [0.15, 0.2) is 6.29 Å². The fourth-order valence-electron chi connectivity index (χ4n) is 1.82. The zero-order chi connectivity index (χ0) is 17.9. The van der Waals surface area contributed by atoms with Crippen molar-refractivity contribution in [2.24, 2.45) is 0 Å². The van der Waals surface area contributed by atoms with Crippen LogP contribution in [0.15, 0.2) is 0 Å². The summed E-state index contributed by atoms with van der Waals surface area (Å²) in [6.07, 6.45) is 7.58.